The standard InChI is InChI=1S/C18H21BrFN/c1-4-9-21-18(15-7-5-12(2)10-13(15)3)16-11-14(19)6-8-17(16)20/h5-8,10-11,18,21H,4,9H2,1-3H3. The number of hydrogen-bond donors (Lipinski definition) is 1. The zero-order chi connectivity index (χ0) is 15.4. The van der Waals surface area contributed by atoms with Crippen molar-refractivity contribution in [3.8, 4) is 0 Å². The lowest BCUT2D eigenvalue weighted by Crippen LogP contribution is -2.25. The van der Waals surface area contributed by atoms with Gasteiger partial charge in [0.25, 0.3) is 0 Å². The van der Waals surface area contributed by atoms with Gasteiger partial charge in [-0.15, -0.1) is 0 Å². The van der Waals surface area contributed by atoms with Crippen LogP contribution in [0.4, 0.5) is 4.39 Å². The Morgan fingerprint density at radius 2 is 1.86 bits per heavy atom. The van der Waals surface area contributed by atoms with Crippen LogP contribution in [0.5, 0.6) is 0 Å². The van der Waals surface area contributed by atoms with Crippen LogP contribution in [0.2, 0.25) is 0 Å². The van der Waals surface area contributed by atoms with Crippen LogP contribution in [0.15, 0.2) is 40.9 Å². The number of halogens is 2. The molecule has 2 aromatic rings. The molecule has 2 rings (SSSR count). The van der Waals surface area contributed by atoms with E-state index < -0.39 is 0 Å². The summed E-state index contributed by atoms with van der Waals surface area (Å²) < 4.78 is 15.2. The van der Waals surface area contributed by atoms with Crippen molar-refractivity contribution in [1.29, 1.82) is 0 Å². The molecule has 0 aromatic heterocycles. The lowest BCUT2D eigenvalue weighted by atomic mass is 9.93. The lowest BCUT2D eigenvalue weighted by molar-refractivity contribution is 0.545. The van der Waals surface area contributed by atoms with E-state index in [0.717, 1.165) is 23.0 Å². The van der Waals surface area contributed by atoms with Crippen molar-refractivity contribution in [1.82, 2.24) is 5.32 Å². The van der Waals surface area contributed by atoms with Crippen LogP contribution in [0.1, 0.15) is 41.6 Å². The minimum atomic E-state index is -0.174. The van der Waals surface area contributed by atoms with Gasteiger partial charge in [-0.3, -0.25) is 0 Å². The summed E-state index contributed by atoms with van der Waals surface area (Å²) in [4.78, 5) is 0. The molecule has 0 amide bonds. The number of hydrogen-bond acceptors (Lipinski definition) is 1. The van der Waals surface area contributed by atoms with E-state index in [-0.39, 0.29) is 11.9 Å². The van der Waals surface area contributed by atoms with E-state index in [2.05, 4.69) is 60.2 Å². The van der Waals surface area contributed by atoms with Crippen LogP contribution >= 0.6 is 15.9 Å². The molecular formula is C18H21BrFN. The first-order chi connectivity index (χ1) is 10.0. The monoisotopic (exact) mass is 349 g/mol. The maximum absolute atomic E-state index is 14.3. The Hall–Kier alpha value is -1.19. The number of nitrogens with one attached hydrogen (secondary N) is 1. The maximum Gasteiger partial charge on any atom is 0.128 e. The fourth-order valence-electron chi connectivity index (χ4n) is 2.56. The molecule has 112 valence electrons. The van der Waals surface area contributed by atoms with Gasteiger partial charge in [-0.05, 0) is 56.1 Å². The first-order valence-electron chi connectivity index (χ1n) is 7.28. The van der Waals surface area contributed by atoms with E-state index in [4.69, 9.17) is 0 Å². The fraction of sp³-hybridized carbons (Fsp3) is 0.333. The second-order valence-corrected chi connectivity index (χ2v) is 6.33. The molecule has 0 heterocycles. The van der Waals surface area contributed by atoms with E-state index >= 15 is 0 Å². The minimum absolute atomic E-state index is 0.122. The van der Waals surface area contributed by atoms with Crippen molar-refractivity contribution >= 4 is 15.9 Å². The van der Waals surface area contributed by atoms with Crippen LogP contribution in [-0.4, -0.2) is 6.54 Å². The summed E-state index contributed by atoms with van der Waals surface area (Å²) >= 11 is 3.44. The minimum Gasteiger partial charge on any atom is -0.306 e. The largest absolute Gasteiger partial charge is 0.306 e. The van der Waals surface area contributed by atoms with Crippen molar-refractivity contribution in [3.63, 3.8) is 0 Å². The topological polar surface area (TPSA) is 12.0 Å². The molecule has 0 saturated carbocycles. The van der Waals surface area contributed by atoms with E-state index in [1.165, 1.54) is 17.2 Å². The predicted molar refractivity (Wildman–Crippen MR) is 90.2 cm³/mol. The van der Waals surface area contributed by atoms with Gasteiger partial charge in [0.2, 0.25) is 0 Å². The Labute approximate surface area is 134 Å². The van der Waals surface area contributed by atoms with Gasteiger partial charge in [0, 0.05) is 10.0 Å². The number of aryl methyl sites for hydroxylation is 2. The highest BCUT2D eigenvalue weighted by Gasteiger charge is 2.19. The van der Waals surface area contributed by atoms with Gasteiger partial charge in [-0.25, -0.2) is 4.39 Å². The van der Waals surface area contributed by atoms with Crippen molar-refractivity contribution in [2.24, 2.45) is 0 Å². The molecule has 21 heavy (non-hydrogen) atoms. The lowest BCUT2D eigenvalue weighted by Gasteiger charge is -2.22. The number of rotatable bonds is 5. The molecule has 0 fully saturated rings. The van der Waals surface area contributed by atoms with E-state index in [9.17, 15) is 4.39 Å². The molecule has 1 unspecified atom stereocenters. The molecule has 0 saturated heterocycles. The van der Waals surface area contributed by atoms with E-state index in [1.54, 1.807) is 6.07 Å². The third-order valence-corrected chi connectivity index (χ3v) is 4.10. The molecular weight excluding hydrogens is 329 g/mol. The summed E-state index contributed by atoms with van der Waals surface area (Å²) in [7, 11) is 0. The molecule has 0 aliphatic carbocycles. The molecule has 1 nitrogen and oxygen atoms in total. The molecule has 0 bridgehead atoms. The second-order valence-electron chi connectivity index (χ2n) is 5.41. The van der Waals surface area contributed by atoms with Gasteiger partial charge in [-0.2, -0.15) is 0 Å². The summed E-state index contributed by atoms with van der Waals surface area (Å²) in [6.07, 6.45) is 1.01. The Balaban J connectivity index is 2.49. The molecule has 1 N–H and O–H groups in total. The van der Waals surface area contributed by atoms with E-state index in [0.29, 0.717) is 5.56 Å². The molecule has 3 heteroatoms. The smallest absolute Gasteiger partial charge is 0.128 e. The average molecular weight is 350 g/mol. The third-order valence-electron chi connectivity index (χ3n) is 3.60. The zero-order valence-corrected chi connectivity index (χ0v) is 14.3. The Morgan fingerprint density at radius 1 is 1.10 bits per heavy atom. The van der Waals surface area contributed by atoms with Crippen LogP contribution in [0.25, 0.3) is 0 Å². The van der Waals surface area contributed by atoms with Gasteiger partial charge in [0.1, 0.15) is 5.82 Å². The van der Waals surface area contributed by atoms with Gasteiger partial charge in [-0.1, -0.05) is 46.6 Å². The van der Waals surface area contributed by atoms with Crippen molar-refractivity contribution in [2.75, 3.05) is 6.54 Å². The first kappa shape index (κ1) is 16.2. The van der Waals surface area contributed by atoms with Crippen molar-refractivity contribution in [3.05, 3.63) is 68.9 Å². The molecule has 0 aliphatic heterocycles. The molecule has 0 aliphatic rings. The quantitative estimate of drug-likeness (QED) is 0.772. The number of benzene rings is 2. The Bertz CT molecular complexity index is 625. The molecule has 2 aromatic carbocycles. The fourth-order valence-corrected chi connectivity index (χ4v) is 2.94. The third kappa shape index (κ3) is 3.92. The highest BCUT2D eigenvalue weighted by molar-refractivity contribution is 9.10. The SMILES string of the molecule is CCCNC(c1ccc(C)cc1C)c1cc(Br)ccc1F. The van der Waals surface area contributed by atoms with Crippen LogP contribution in [0, 0.1) is 19.7 Å². The normalized spacial score (nSPS) is 12.4. The van der Waals surface area contributed by atoms with Crippen LogP contribution in [0.3, 0.4) is 0 Å². The summed E-state index contributed by atoms with van der Waals surface area (Å²) in [5.41, 5.74) is 4.22. The second kappa shape index (κ2) is 7.19. The molecule has 1 atom stereocenters. The first-order valence-corrected chi connectivity index (χ1v) is 8.07. The maximum atomic E-state index is 14.3. The summed E-state index contributed by atoms with van der Waals surface area (Å²) in [5, 5.41) is 3.47. The van der Waals surface area contributed by atoms with Gasteiger partial charge >= 0.3 is 0 Å². The van der Waals surface area contributed by atoms with Crippen LogP contribution in [-0.2, 0) is 0 Å². The van der Waals surface area contributed by atoms with Crippen molar-refractivity contribution in [2.45, 2.75) is 33.2 Å². The van der Waals surface area contributed by atoms with Gasteiger partial charge in [0.15, 0.2) is 0 Å². The summed E-state index contributed by atoms with van der Waals surface area (Å²) in [6, 6.07) is 11.3. The van der Waals surface area contributed by atoms with Crippen LogP contribution < -0.4 is 5.32 Å². The molecule has 0 radical (unpaired) electrons. The van der Waals surface area contributed by atoms with Gasteiger partial charge in [0.05, 0.1) is 6.04 Å². The van der Waals surface area contributed by atoms with Crippen molar-refractivity contribution < 1.29 is 4.39 Å². The summed E-state index contributed by atoms with van der Waals surface area (Å²) in [6.45, 7) is 7.12. The highest BCUT2D eigenvalue weighted by Crippen LogP contribution is 2.29. The summed E-state index contributed by atoms with van der Waals surface area (Å²) in [5.74, 6) is -0.174. The average Bonchev–Trinajstić information content (AvgIpc) is 2.44. The predicted octanol–water partition coefficient (Wildman–Crippen LogP) is 5.29. The Kier molecular flexibility index (Phi) is 5.54. The Morgan fingerprint density at radius 3 is 2.52 bits per heavy atom. The molecule has 0 spiro atoms. The van der Waals surface area contributed by atoms with E-state index in [1.807, 2.05) is 6.07 Å². The van der Waals surface area contributed by atoms with Gasteiger partial charge < -0.3 is 5.32 Å². The highest BCUT2D eigenvalue weighted by atomic mass is 79.9. The zero-order valence-electron chi connectivity index (χ0n) is 12.7.